The third-order valence-corrected chi connectivity index (χ3v) is 3.53. The number of nitrogens with one attached hydrogen (secondary N) is 1. The highest BCUT2D eigenvalue weighted by molar-refractivity contribution is 5.35. The standard InChI is InChI=1S/C17H19F2NO/c1-11(14-9-8-13(18)10-16(14)19)20-12(2)15-6-4-5-7-17(15)21-3/h4-12,20H,1-3H3. The van der Waals surface area contributed by atoms with Gasteiger partial charge in [-0.1, -0.05) is 24.3 Å². The largest absolute Gasteiger partial charge is 0.496 e. The van der Waals surface area contributed by atoms with E-state index in [4.69, 9.17) is 4.74 Å². The molecule has 0 aromatic heterocycles. The van der Waals surface area contributed by atoms with Crippen LogP contribution in [0.15, 0.2) is 42.5 Å². The van der Waals surface area contributed by atoms with Crippen LogP contribution in [0, 0.1) is 11.6 Å². The summed E-state index contributed by atoms with van der Waals surface area (Å²) in [6, 6.07) is 11.0. The van der Waals surface area contributed by atoms with E-state index in [2.05, 4.69) is 5.32 Å². The predicted molar refractivity (Wildman–Crippen MR) is 79.3 cm³/mol. The number of para-hydroxylation sites is 1. The summed E-state index contributed by atoms with van der Waals surface area (Å²) in [6.07, 6.45) is 0. The number of hydrogen-bond donors (Lipinski definition) is 1. The van der Waals surface area contributed by atoms with Gasteiger partial charge in [0.1, 0.15) is 17.4 Å². The minimum Gasteiger partial charge on any atom is -0.496 e. The monoisotopic (exact) mass is 291 g/mol. The van der Waals surface area contributed by atoms with E-state index in [0.717, 1.165) is 17.4 Å². The number of ether oxygens (including phenoxy) is 1. The van der Waals surface area contributed by atoms with Gasteiger partial charge >= 0.3 is 0 Å². The van der Waals surface area contributed by atoms with Crippen LogP contribution >= 0.6 is 0 Å². The van der Waals surface area contributed by atoms with Crippen molar-refractivity contribution in [1.29, 1.82) is 0 Å². The lowest BCUT2D eigenvalue weighted by atomic mass is 10.0. The number of halogens is 2. The van der Waals surface area contributed by atoms with Crippen LogP contribution in [-0.2, 0) is 0 Å². The van der Waals surface area contributed by atoms with E-state index < -0.39 is 11.6 Å². The number of benzene rings is 2. The minimum absolute atomic E-state index is 0.0272. The Kier molecular flexibility index (Phi) is 4.91. The van der Waals surface area contributed by atoms with E-state index in [0.29, 0.717) is 5.56 Å². The van der Waals surface area contributed by atoms with Crippen LogP contribution in [0.3, 0.4) is 0 Å². The van der Waals surface area contributed by atoms with Crippen molar-refractivity contribution in [2.45, 2.75) is 25.9 Å². The van der Waals surface area contributed by atoms with Gasteiger partial charge in [0, 0.05) is 29.3 Å². The maximum absolute atomic E-state index is 13.8. The predicted octanol–water partition coefficient (Wildman–Crippen LogP) is 4.39. The lowest BCUT2D eigenvalue weighted by molar-refractivity contribution is 0.395. The van der Waals surface area contributed by atoms with Crippen LogP contribution in [0.4, 0.5) is 8.78 Å². The summed E-state index contributed by atoms with van der Waals surface area (Å²) in [6.45, 7) is 3.83. The Labute approximate surface area is 123 Å². The van der Waals surface area contributed by atoms with Gasteiger partial charge in [0.2, 0.25) is 0 Å². The third-order valence-electron chi connectivity index (χ3n) is 3.53. The molecular formula is C17H19F2NO. The Balaban J connectivity index is 2.16. The molecule has 0 radical (unpaired) electrons. The minimum atomic E-state index is -0.568. The van der Waals surface area contributed by atoms with Crippen molar-refractivity contribution < 1.29 is 13.5 Å². The first-order valence-electron chi connectivity index (χ1n) is 6.87. The molecule has 2 unspecified atom stereocenters. The zero-order chi connectivity index (χ0) is 15.4. The Morgan fingerprint density at radius 2 is 1.62 bits per heavy atom. The summed E-state index contributed by atoms with van der Waals surface area (Å²) in [5.74, 6) is -0.326. The first-order valence-corrected chi connectivity index (χ1v) is 6.87. The second-order valence-electron chi connectivity index (χ2n) is 5.02. The molecule has 2 nitrogen and oxygen atoms in total. The molecule has 0 bridgehead atoms. The van der Waals surface area contributed by atoms with Crippen molar-refractivity contribution in [3.8, 4) is 5.75 Å². The molecule has 0 fully saturated rings. The van der Waals surface area contributed by atoms with Crippen molar-refractivity contribution in [3.05, 3.63) is 65.2 Å². The topological polar surface area (TPSA) is 21.3 Å². The summed E-state index contributed by atoms with van der Waals surface area (Å²) >= 11 is 0. The Morgan fingerprint density at radius 3 is 2.29 bits per heavy atom. The molecule has 0 aliphatic rings. The van der Waals surface area contributed by atoms with Gasteiger partial charge in [0.25, 0.3) is 0 Å². The fourth-order valence-corrected chi connectivity index (χ4v) is 2.43. The second-order valence-corrected chi connectivity index (χ2v) is 5.02. The van der Waals surface area contributed by atoms with Crippen LogP contribution < -0.4 is 10.1 Å². The third kappa shape index (κ3) is 3.58. The molecule has 0 saturated heterocycles. The first-order chi connectivity index (χ1) is 10.0. The molecule has 2 aromatic rings. The average Bonchev–Trinajstić information content (AvgIpc) is 2.46. The molecule has 112 valence electrons. The average molecular weight is 291 g/mol. The molecule has 0 aliphatic heterocycles. The Bertz CT molecular complexity index is 615. The molecule has 0 aliphatic carbocycles. The normalized spacial score (nSPS) is 13.8. The van der Waals surface area contributed by atoms with Crippen molar-refractivity contribution in [2.75, 3.05) is 7.11 Å². The summed E-state index contributed by atoms with van der Waals surface area (Å²) in [4.78, 5) is 0. The summed E-state index contributed by atoms with van der Waals surface area (Å²) in [5, 5.41) is 3.30. The molecule has 1 N–H and O–H groups in total. The van der Waals surface area contributed by atoms with Gasteiger partial charge in [-0.05, 0) is 26.0 Å². The van der Waals surface area contributed by atoms with E-state index in [-0.39, 0.29) is 12.1 Å². The molecule has 21 heavy (non-hydrogen) atoms. The highest BCUT2D eigenvalue weighted by atomic mass is 19.1. The summed E-state index contributed by atoms with van der Waals surface area (Å²) in [7, 11) is 1.62. The van der Waals surface area contributed by atoms with E-state index >= 15 is 0 Å². The number of hydrogen-bond acceptors (Lipinski definition) is 2. The molecule has 2 atom stereocenters. The molecule has 0 heterocycles. The maximum atomic E-state index is 13.8. The number of rotatable bonds is 5. The zero-order valence-corrected chi connectivity index (χ0v) is 12.4. The van der Waals surface area contributed by atoms with E-state index in [1.807, 2.05) is 38.1 Å². The lowest BCUT2D eigenvalue weighted by Gasteiger charge is -2.22. The van der Waals surface area contributed by atoms with Crippen molar-refractivity contribution in [3.63, 3.8) is 0 Å². The SMILES string of the molecule is COc1ccccc1C(C)NC(C)c1ccc(F)cc1F. The Morgan fingerprint density at radius 1 is 0.952 bits per heavy atom. The van der Waals surface area contributed by atoms with Gasteiger partial charge in [-0.3, -0.25) is 0 Å². The second kappa shape index (κ2) is 6.68. The first kappa shape index (κ1) is 15.4. The molecule has 0 amide bonds. The van der Waals surface area contributed by atoms with Gasteiger partial charge < -0.3 is 10.1 Å². The van der Waals surface area contributed by atoms with Gasteiger partial charge in [0.15, 0.2) is 0 Å². The lowest BCUT2D eigenvalue weighted by Crippen LogP contribution is -2.23. The van der Waals surface area contributed by atoms with Crippen LogP contribution in [-0.4, -0.2) is 7.11 Å². The van der Waals surface area contributed by atoms with Crippen LogP contribution in [0.2, 0.25) is 0 Å². The molecule has 2 aromatic carbocycles. The molecular weight excluding hydrogens is 272 g/mol. The van der Waals surface area contributed by atoms with Gasteiger partial charge in [0.05, 0.1) is 7.11 Å². The van der Waals surface area contributed by atoms with E-state index in [9.17, 15) is 8.78 Å². The van der Waals surface area contributed by atoms with Crippen LogP contribution in [0.5, 0.6) is 5.75 Å². The van der Waals surface area contributed by atoms with Gasteiger partial charge in [-0.25, -0.2) is 8.78 Å². The van der Waals surface area contributed by atoms with E-state index in [1.165, 1.54) is 12.1 Å². The molecule has 4 heteroatoms. The zero-order valence-electron chi connectivity index (χ0n) is 12.4. The highest BCUT2D eigenvalue weighted by Crippen LogP contribution is 2.27. The molecule has 0 saturated carbocycles. The van der Waals surface area contributed by atoms with Gasteiger partial charge in [-0.15, -0.1) is 0 Å². The molecule has 2 rings (SSSR count). The fraction of sp³-hybridized carbons (Fsp3) is 0.294. The summed E-state index contributed by atoms with van der Waals surface area (Å²) < 4.78 is 32.1. The highest BCUT2D eigenvalue weighted by Gasteiger charge is 2.17. The molecule has 0 spiro atoms. The van der Waals surface area contributed by atoms with Crippen molar-refractivity contribution in [1.82, 2.24) is 5.32 Å². The maximum Gasteiger partial charge on any atom is 0.130 e. The fourth-order valence-electron chi connectivity index (χ4n) is 2.43. The van der Waals surface area contributed by atoms with Crippen LogP contribution in [0.1, 0.15) is 37.1 Å². The summed E-state index contributed by atoms with van der Waals surface area (Å²) in [5.41, 5.74) is 1.44. The Hall–Kier alpha value is -1.94. The van der Waals surface area contributed by atoms with Gasteiger partial charge in [-0.2, -0.15) is 0 Å². The van der Waals surface area contributed by atoms with Crippen LogP contribution in [0.25, 0.3) is 0 Å². The number of methoxy groups -OCH3 is 1. The quantitative estimate of drug-likeness (QED) is 0.882. The van der Waals surface area contributed by atoms with E-state index in [1.54, 1.807) is 7.11 Å². The van der Waals surface area contributed by atoms with Crippen molar-refractivity contribution >= 4 is 0 Å². The van der Waals surface area contributed by atoms with Crippen molar-refractivity contribution in [2.24, 2.45) is 0 Å². The smallest absolute Gasteiger partial charge is 0.130 e.